The highest BCUT2D eigenvalue weighted by atomic mass is 32.1. The molecule has 4 heteroatoms. The van der Waals surface area contributed by atoms with Gasteiger partial charge in [-0.1, -0.05) is 6.07 Å². The maximum absolute atomic E-state index is 5.79. The van der Waals surface area contributed by atoms with Crippen LogP contribution in [0, 0.1) is 0 Å². The topological polar surface area (TPSA) is 24.5 Å². The lowest BCUT2D eigenvalue weighted by Crippen LogP contribution is -2.49. The molecule has 0 spiro atoms. The molecule has 0 radical (unpaired) electrons. The van der Waals surface area contributed by atoms with E-state index >= 15 is 0 Å². The minimum absolute atomic E-state index is 0.351. The van der Waals surface area contributed by atoms with Crippen LogP contribution in [-0.2, 0) is 11.2 Å². The summed E-state index contributed by atoms with van der Waals surface area (Å²) in [5, 5.41) is 5.65. The van der Waals surface area contributed by atoms with Crippen molar-refractivity contribution in [2.24, 2.45) is 0 Å². The van der Waals surface area contributed by atoms with E-state index < -0.39 is 0 Å². The molecule has 0 saturated carbocycles. The normalized spacial score (nSPS) is 21.6. The third-order valence-corrected chi connectivity index (χ3v) is 4.34. The molecule has 1 unspecified atom stereocenters. The van der Waals surface area contributed by atoms with E-state index in [4.69, 9.17) is 4.74 Å². The van der Waals surface area contributed by atoms with E-state index in [9.17, 15) is 0 Å². The minimum Gasteiger partial charge on any atom is -0.374 e. The van der Waals surface area contributed by atoms with Crippen LogP contribution in [0.15, 0.2) is 17.5 Å². The zero-order chi connectivity index (χ0) is 12.8. The molecule has 1 aliphatic heterocycles. The van der Waals surface area contributed by atoms with E-state index in [1.165, 1.54) is 4.88 Å². The van der Waals surface area contributed by atoms with Gasteiger partial charge in [0.15, 0.2) is 0 Å². The van der Waals surface area contributed by atoms with E-state index in [0.29, 0.717) is 12.1 Å². The van der Waals surface area contributed by atoms with Crippen molar-refractivity contribution >= 4 is 11.3 Å². The standard InChI is InChI=1S/C14H24N2OS/c1-12(2)16-7-8-17-13(11-16)10-15-6-5-14-4-3-9-18-14/h3-4,9,12-13,15H,5-8,10-11H2,1-2H3. The van der Waals surface area contributed by atoms with Gasteiger partial charge in [0.1, 0.15) is 0 Å². The largest absolute Gasteiger partial charge is 0.374 e. The molecule has 2 heterocycles. The van der Waals surface area contributed by atoms with Gasteiger partial charge in [-0.3, -0.25) is 4.90 Å². The Morgan fingerprint density at radius 3 is 3.17 bits per heavy atom. The highest BCUT2D eigenvalue weighted by Gasteiger charge is 2.21. The van der Waals surface area contributed by atoms with Gasteiger partial charge in [0.25, 0.3) is 0 Å². The van der Waals surface area contributed by atoms with Crippen LogP contribution in [0.5, 0.6) is 0 Å². The molecule has 1 aromatic rings. The summed E-state index contributed by atoms with van der Waals surface area (Å²) in [7, 11) is 0. The van der Waals surface area contributed by atoms with Crippen LogP contribution in [0.2, 0.25) is 0 Å². The van der Waals surface area contributed by atoms with E-state index in [2.05, 4.69) is 41.6 Å². The minimum atomic E-state index is 0.351. The molecule has 1 N–H and O–H groups in total. The monoisotopic (exact) mass is 268 g/mol. The first-order valence-corrected chi connectivity index (χ1v) is 7.72. The van der Waals surface area contributed by atoms with Gasteiger partial charge in [0.05, 0.1) is 12.7 Å². The van der Waals surface area contributed by atoms with Crippen LogP contribution in [-0.4, -0.2) is 49.8 Å². The molecule has 2 rings (SSSR count). The Balaban J connectivity index is 1.61. The molecule has 0 aliphatic carbocycles. The lowest BCUT2D eigenvalue weighted by atomic mass is 10.2. The van der Waals surface area contributed by atoms with Crippen LogP contribution >= 0.6 is 11.3 Å². The van der Waals surface area contributed by atoms with Crippen LogP contribution in [0.25, 0.3) is 0 Å². The predicted molar refractivity (Wildman–Crippen MR) is 77.3 cm³/mol. The maximum atomic E-state index is 5.79. The van der Waals surface area contributed by atoms with E-state index in [1.807, 2.05) is 11.3 Å². The van der Waals surface area contributed by atoms with Crippen molar-refractivity contribution < 1.29 is 4.74 Å². The molecule has 1 atom stereocenters. The zero-order valence-electron chi connectivity index (χ0n) is 11.4. The molecule has 102 valence electrons. The molecule has 3 nitrogen and oxygen atoms in total. The van der Waals surface area contributed by atoms with Crippen LogP contribution < -0.4 is 5.32 Å². The summed E-state index contributed by atoms with van der Waals surface area (Å²) in [6.07, 6.45) is 1.47. The zero-order valence-corrected chi connectivity index (χ0v) is 12.2. The third kappa shape index (κ3) is 4.35. The van der Waals surface area contributed by atoms with E-state index in [0.717, 1.165) is 39.2 Å². The molecule has 0 bridgehead atoms. The number of nitrogens with zero attached hydrogens (tertiary/aromatic N) is 1. The average Bonchev–Trinajstić information content (AvgIpc) is 2.88. The molecule has 0 amide bonds. The van der Waals surface area contributed by atoms with E-state index in [1.54, 1.807) is 0 Å². The number of ether oxygens (including phenoxy) is 1. The van der Waals surface area contributed by atoms with E-state index in [-0.39, 0.29) is 0 Å². The molecule has 18 heavy (non-hydrogen) atoms. The summed E-state index contributed by atoms with van der Waals surface area (Å²) in [6, 6.07) is 4.94. The summed E-state index contributed by atoms with van der Waals surface area (Å²) in [4.78, 5) is 3.95. The molecule has 0 aromatic carbocycles. The Hall–Kier alpha value is -0.420. The smallest absolute Gasteiger partial charge is 0.0826 e. The molecule has 1 aliphatic rings. The first-order chi connectivity index (χ1) is 8.75. The van der Waals surface area contributed by atoms with Crippen molar-refractivity contribution in [2.75, 3.05) is 32.8 Å². The Morgan fingerprint density at radius 1 is 1.56 bits per heavy atom. The van der Waals surface area contributed by atoms with Crippen molar-refractivity contribution in [2.45, 2.75) is 32.4 Å². The van der Waals surface area contributed by atoms with Gasteiger partial charge in [-0.25, -0.2) is 0 Å². The summed E-state index contributed by atoms with van der Waals surface area (Å²) in [5.74, 6) is 0. The second-order valence-electron chi connectivity index (χ2n) is 5.11. The van der Waals surface area contributed by atoms with Crippen molar-refractivity contribution in [3.8, 4) is 0 Å². The van der Waals surface area contributed by atoms with Gasteiger partial charge in [-0.2, -0.15) is 0 Å². The predicted octanol–water partition coefficient (Wildman–Crippen LogP) is 1.99. The van der Waals surface area contributed by atoms with Gasteiger partial charge in [0.2, 0.25) is 0 Å². The first kappa shape index (κ1) is 14.0. The van der Waals surface area contributed by atoms with Gasteiger partial charge >= 0.3 is 0 Å². The van der Waals surface area contributed by atoms with Gasteiger partial charge < -0.3 is 10.1 Å². The number of morpholine rings is 1. The van der Waals surface area contributed by atoms with Crippen molar-refractivity contribution in [1.29, 1.82) is 0 Å². The highest BCUT2D eigenvalue weighted by molar-refractivity contribution is 7.09. The Bertz CT molecular complexity index is 327. The second kappa shape index (κ2) is 7.24. The van der Waals surface area contributed by atoms with Gasteiger partial charge in [-0.15, -0.1) is 11.3 Å². The highest BCUT2D eigenvalue weighted by Crippen LogP contribution is 2.09. The Morgan fingerprint density at radius 2 is 2.44 bits per heavy atom. The van der Waals surface area contributed by atoms with Crippen LogP contribution in [0.3, 0.4) is 0 Å². The number of thiophene rings is 1. The van der Waals surface area contributed by atoms with Gasteiger partial charge in [-0.05, 0) is 31.7 Å². The summed E-state index contributed by atoms with van der Waals surface area (Å²) < 4.78 is 5.79. The fourth-order valence-electron chi connectivity index (χ4n) is 2.26. The second-order valence-corrected chi connectivity index (χ2v) is 6.15. The van der Waals surface area contributed by atoms with Crippen molar-refractivity contribution in [3.05, 3.63) is 22.4 Å². The van der Waals surface area contributed by atoms with Crippen LogP contribution in [0.1, 0.15) is 18.7 Å². The summed E-state index contributed by atoms with van der Waals surface area (Å²) >= 11 is 1.83. The quantitative estimate of drug-likeness (QED) is 0.799. The lowest BCUT2D eigenvalue weighted by Gasteiger charge is -2.35. The third-order valence-electron chi connectivity index (χ3n) is 3.40. The molecule has 1 saturated heterocycles. The fourth-order valence-corrected chi connectivity index (χ4v) is 2.97. The number of nitrogens with one attached hydrogen (secondary N) is 1. The maximum Gasteiger partial charge on any atom is 0.0826 e. The molecule has 1 aromatic heterocycles. The SMILES string of the molecule is CC(C)N1CCOC(CNCCc2cccs2)C1. The average molecular weight is 268 g/mol. The summed E-state index contributed by atoms with van der Waals surface area (Å²) in [5.41, 5.74) is 0. The van der Waals surface area contributed by atoms with Crippen LogP contribution in [0.4, 0.5) is 0 Å². The molecule has 1 fully saturated rings. The van der Waals surface area contributed by atoms with Crippen molar-refractivity contribution in [1.82, 2.24) is 10.2 Å². The number of hydrogen-bond donors (Lipinski definition) is 1. The number of hydrogen-bond acceptors (Lipinski definition) is 4. The lowest BCUT2D eigenvalue weighted by molar-refractivity contribution is -0.0370. The summed E-state index contributed by atoms with van der Waals surface area (Å²) in [6.45, 7) is 9.53. The first-order valence-electron chi connectivity index (χ1n) is 6.84. The Kier molecular flexibility index (Phi) is 5.63. The number of rotatable bonds is 6. The van der Waals surface area contributed by atoms with Gasteiger partial charge in [0, 0.05) is 37.1 Å². The molecular formula is C14H24N2OS. The Labute approximate surface area is 114 Å². The molecular weight excluding hydrogens is 244 g/mol. The fraction of sp³-hybridized carbons (Fsp3) is 0.714. The van der Waals surface area contributed by atoms with Crippen molar-refractivity contribution in [3.63, 3.8) is 0 Å².